The molecule has 2 aliphatic heterocycles. The second-order valence-corrected chi connectivity index (χ2v) is 13.4. The van der Waals surface area contributed by atoms with Crippen LogP contribution < -0.4 is 14.3 Å². The minimum absolute atomic E-state index is 0.0187. The van der Waals surface area contributed by atoms with E-state index in [2.05, 4.69) is 14.3 Å². The van der Waals surface area contributed by atoms with Crippen LogP contribution in [0.5, 0.6) is 0 Å². The molecule has 4 heterocycles. The number of amides is 2. The summed E-state index contributed by atoms with van der Waals surface area (Å²) in [6, 6.07) is 10.9. The maximum absolute atomic E-state index is 13.6. The van der Waals surface area contributed by atoms with Crippen molar-refractivity contribution in [2.75, 3.05) is 44.8 Å². The van der Waals surface area contributed by atoms with Crippen LogP contribution in [0.25, 0.3) is 16.7 Å². The first kappa shape index (κ1) is 30.3. The Labute approximate surface area is 256 Å². The molecule has 2 aromatic heterocycles. The highest BCUT2D eigenvalue weighted by molar-refractivity contribution is 7.88. The number of ether oxygens (including phenoxy) is 1. The molecule has 236 valence electrons. The topological polar surface area (TPSA) is 159 Å². The summed E-state index contributed by atoms with van der Waals surface area (Å²) in [5, 5.41) is 15.1. The van der Waals surface area contributed by atoms with Gasteiger partial charge >= 0.3 is 16.3 Å². The third kappa shape index (κ3) is 6.37. The summed E-state index contributed by atoms with van der Waals surface area (Å²) in [6.45, 7) is 2.66. The molecule has 2 amide bonds. The number of methoxy groups -OCH3 is 1. The Balaban J connectivity index is 1.34. The first-order chi connectivity index (χ1) is 21.2. The number of piperidine rings is 2. The Morgan fingerprint density at radius 3 is 2.34 bits per heavy atom. The van der Waals surface area contributed by atoms with Crippen LogP contribution in [0.2, 0.25) is 0 Å². The summed E-state index contributed by atoms with van der Waals surface area (Å²) >= 11 is 0. The van der Waals surface area contributed by atoms with E-state index >= 15 is 0 Å². The van der Waals surface area contributed by atoms with Crippen molar-refractivity contribution < 1.29 is 27.9 Å². The van der Waals surface area contributed by atoms with Gasteiger partial charge in [0.25, 0.3) is 5.91 Å². The van der Waals surface area contributed by atoms with Gasteiger partial charge in [-0.05, 0) is 62.6 Å². The molecule has 3 fully saturated rings. The molecule has 14 heteroatoms. The summed E-state index contributed by atoms with van der Waals surface area (Å²) in [5.41, 5.74) is 3.11. The number of carbonyl (C=O) groups excluding carboxylic acids is 1. The van der Waals surface area contributed by atoms with Crippen molar-refractivity contribution in [2.24, 2.45) is 5.92 Å². The van der Waals surface area contributed by atoms with E-state index in [9.17, 15) is 23.1 Å². The highest BCUT2D eigenvalue weighted by Gasteiger charge is 2.32. The van der Waals surface area contributed by atoms with E-state index in [4.69, 9.17) is 14.8 Å². The van der Waals surface area contributed by atoms with Crippen LogP contribution in [-0.4, -0.2) is 91.1 Å². The number of rotatable bonds is 9. The van der Waals surface area contributed by atoms with Gasteiger partial charge in [-0.2, -0.15) is 18.2 Å². The summed E-state index contributed by atoms with van der Waals surface area (Å²) in [6.07, 6.45) is 4.67. The van der Waals surface area contributed by atoms with Gasteiger partial charge in [0, 0.05) is 51.9 Å². The molecule has 3 aliphatic rings. The van der Waals surface area contributed by atoms with Crippen molar-refractivity contribution in [1.29, 1.82) is 0 Å². The van der Waals surface area contributed by atoms with Crippen molar-refractivity contribution in [3.05, 3.63) is 47.8 Å². The third-order valence-corrected chi connectivity index (χ3v) is 10.1. The molecule has 0 spiro atoms. The molecule has 0 atom stereocenters. The fourth-order valence-electron chi connectivity index (χ4n) is 6.39. The minimum atomic E-state index is -4.24. The first-order valence-electron chi connectivity index (χ1n) is 15.3. The monoisotopic (exact) mass is 625 g/mol. The van der Waals surface area contributed by atoms with Crippen LogP contribution in [0, 0.1) is 5.92 Å². The molecule has 6 rings (SSSR count). The molecular weight excluding hydrogens is 586 g/mol. The largest absolute Gasteiger partial charge is 0.465 e. The Hall–Kier alpha value is -3.75. The number of carboxylic acid groups (broad SMARTS) is 1. The zero-order chi connectivity index (χ0) is 30.8. The second-order valence-electron chi connectivity index (χ2n) is 12.0. The van der Waals surface area contributed by atoms with Crippen molar-refractivity contribution in [2.45, 2.75) is 56.9 Å². The van der Waals surface area contributed by atoms with E-state index in [-0.39, 0.29) is 18.8 Å². The lowest BCUT2D eigenvalue weighted by atomic mass is 9.82. The summed E-state index contributed by atoms with van der Waals surface area (Å²) < 4.78 is 37.9. The fraction of sp³-hybridized carbons (Fsp3) is 0.533. The molecule has 2 saturated heterocycles. The number of anilines is 1. The van der Waals surface area contributed by atoms with Gasteiger partial charge in [0.15, 0.2) is 5.65 Å². The predicted molar refractivity (Wildman–Crippen MR) is 164 cm³/mol. The zero-order valence-corrected chi connectivity index (χ0v) is 25.6. The Morgan fingerprint density at radius 2 is 1.73 bits per heavy atom. The zero-order valence-electron chi connectivity index (χ0n) is 24.8. The number of carbonyl (C=O) groups is 2. The van der Waals surface area contributed by atoms with Crippen LogP contribution in [-0.2, 0) is 14.9 Å². The van der Waals surface area contributed by atoms with E-state index in [1.165, 1.54) is 4.90 Å². The van der Waals surface area contributed by atoms with Gasteiger partial charge in [0.2, 0.25) is 0 Å². The molecule has 0 bridgehead atoms. The molecule has 3 N–H and O–H groups in total. The number of fused-ring (bicyclic) bond motifs is 1. The number of benzene rings is 1. The fourth-order valence-corrected chi connectivity index (χ4v) is 7.48. The van der Waals surface area contributed by atoms with Gasteiger partial charge in [0.1, 0.15) is 5.69 Å². The number of para-hydroxylation sites is 1. The Morgan fingerprint density at radius 1 is 1.02 bits per heavy atom. The lowest BCUT2D eigenvalue weighted by Crippen LogP contribution is -2.50. The van der Waals surface area contributed by atoms with E-state index < -0.39 is 28.3 Å². The van der Waals surface area contributed by atoms with Gasteiger partial charge in [-0.15, -0.1) is 0 Å². The average Bonchev–Trinajstić information content (AvgIpc) is 3.35. The maximum atomic E-state index is 13.6. The molecule has 13 nitrogen and oxygen atoms in total. The maximum Gasteiger partial charge on any atom is 0.407 e. The van der Waals surface area contributed by atoms with Crippen molar-refractivity contribution in [3.8, 4) is 5.69 Å². The average molecular weight is 626 g/mol. The normalized spacial score (nSPS) is 18.8. The number of likely N-dealkylation sites (tertiary alicyclic amines) is 1. The van der Waals surface area contributed by atoms with Crippen LogP contribution in [0.1, 0.15) is 67.0 Å². The summed E-state index contributed by atoms with van der Waals surface area (Å²) in [4.78, 5) is 33.0. The summed E-state index contributed by atoms with van der Waals surface area (Å²) in [7, 11) is -2.52. The molecule has 1 aromatic carbocycles. The van der Waals surface area contributed by atoms with E-state index in [1.807, 2.05) is 30.3 Å². The van der Waals surface area contributed by atoms with Crippen LogP contribution in [0.3, 0.4) is 0 Å². The molecule has 1 aliphatic carbocycles. The van der Waals surface area contributed by atoms with Gasteiger partial charge in [-0.1, -0.05) is 24.6 Å². The first-order valence-corrected chi connectivity index (χ1v) is 16.8. The number of nitrogens with one attached hydrogen (secondary N) is 2. The van der Waals surface area contributed by atoms with Gasteiger partial charge in [-0.3, -0.25) is 4.79 Å². The lowest BCUT2D eigenvalue weighted by Gasteiger charge is -2.34. The Kier molecular flexibility index (Phi) is 8.74. The quantitative estimate of drug-likeness (QED) is 0.324. The van der Waals surface area contributed by atoms with Crippen LogP contribution in [0.15, 0.2) is 36.4 Å². The van der Waals surface area contributed by atoms with Gasteiger partial charge < -0.3 is 19.6 Å². The second kappa shape index (κ2) is 12.7. The third-order valence-electron chi connectivity index (χ3n) is 9.04. The highest BCUT2D eigenvalue weighted by atomic mass is 32.2. The number of aromatic nitrogens is 3. The SMILES string of the molecule is COCC1CCN(c2cc(C(=O)NS(=O)(=O)NC3CCN(C(=O)O)CC3)nc3c2c(C2CCC2)nn3-c2ccccc2)CC1. The molecule has 1 saturated carbocycles. The van der Waals surface area contributed by atoms with Crippen molar-refractivity contribution in [1.82, 2.24) is 29.1 Å². The molecule has 44 heavy (non-hydrogen) atoms. The number of nitrogens with zero attached hydrogens (tertiary/aromatic N) is 5. The predicted octanol–water partition coefficient (Wildman–Crippen LogP) is 3.26. The van der Waals surface area contributed by atoms with Crippen molar-refractivity contribution in [3.63, 3.8) is 0 Å². The van der Waals surface area contributed by atoms with Gasteiger partial charge in [0.05, 0.1) is 22.5 Å². The Bertz CT molecular complexity index is 1610. The smallest absolute Gasteiger partial charge is 0.407 e. The van der Waals surface area contributed by atoms with Crippen molar-refractivity contribution >= 4 is 38.9 Å². The standard InChI is InChI=1S/C30H39N7O6S/c1-43-19-20-10-14-35(15-11-20)25-18-24(29(38)34-44(41,42)33-22-12-16-36(17-13-22)30(39)40)31-28-26(25)27(21-6-5-7-21)32-37(28)23-8-3-2-4-9-23/h2-4,8-9,18,20-22,33H,5-7,10-17,19H2,1H3,(H,34,38)(H,39,40). The van der Waals surface area contributed by atoms with E-state index in [0.29, 0.717) is 36.9 Å². The molecular formula is C30H39N7O6S. The highest BCUT2D eigenvalue weighted by Crippen LogP contribution is 2.43. The number of hydrogen-bond donors (Lipinski definition) is 3. The molecule has 0 unspecified atom stereocenters. The number of pyridine rings is 1. The minimum Gasteiger partial charge on any atom is -0.465 e. The van der Waals surface area contributed by atoms with E-state index in [1.54, 1.807) is 17.9 Å². The van der Waals surface area contributed by atoms with Gasteiger partial charge in [-0.25, -0.2) is 19.2 Å². The van der Waals surface area contributed by atoms with Crippen LogP contribution in [0.4, 0.5) is 10.5 Å². The molecule has 0 radical (unpaired) electrons. The number of hydrogen-bond acceptors (Lipinski definition) is 8. The van der Waals surface area contributed by atoms with E-state index in [0.717, 1.165) is 67.6 Å². The van der Waals surface area contributed by atoms with Crippen LogP contribution >= 0.6 is 0 Å². The lowest BCUT2D eigenvalue weighted by molar-refractivity contribution is 0.0976. The summed E-state index contributed by atoms with van der Waals surface area (Å²) in [5.74, 6) is -0.0946. The molecule has 3 aromatic rings.